The Morgan fingerprint density at radius 3 is 2.75 bits per heavy atom. The number of piperidine rings is 1. The molecule has 2 heterocycles. The van der Waals surface area contributed by atoms with Crippen molar-refractivity contribution < 1.29 is 14.0 Å². The van der Waals surface area contributed by atoms with E-state index in [0.717, 1.165) is 18.9 Å². The fraction of sp³-hybridized carbons (Fsp3) is 0.500. The number of nitrogens with zero attached hydrogens (tertiary/aromatic N) is 2. The van der Waals surface area contributed by atoms with E-state index in [1.54, 1.807) is 4.90 Å². The third-order valence-corrected chi connectivity index (χ3v) is 3.44. The maximum Gasteiger partial charge on any atom is 0.254 e. The summed E-state index contributed by atoms with van der Waals surface area (Å²) >= 11 is 0. The molecule has 108 valence electrons. The Morgan fingerprint density at radius 2 is 2.15 bits per heavy atom. The molecule has 2 amide bonds. The van der Waals surface area contributed by atoms with Gasteiger partial charge in [-0.15, -0.1) is 0 Å². The first kappa shape index (κ1) is 14.4. The van der Waals surface area contributed by atoms with E-state index in [0.29, 0.717) is 25.1 Å². The summed E-state index contributed by atoms with van der Waals surface area (Å²) in [4.78, 5) is 28.6. The van der Waals surface area contributed by atoms with Crippen LogP contribution in [0, 0.1) is 5.95 Å². The second kappa shape index (κ2) is 6.45. The summed E-state index contributed by atoms with van der Waals surface area (Å²) in [6.07, 6.45) is 3.21. The number of nitrogens with one attached hydrogen (secondary N) is 1. The Kier molecular flexibility index (Phi) is 4.65. The van der Waals surface area contributed by atoms with Gasteiger partial charge < -0.3 is 10.2 Å². The molecular formula is C14H18FN3O2. The van der Waals surface area contributed by atoms with Crippen LogP contribution in [0.15, 0.2) is 18.3 Å². The summed E-state index contributed by atoms with van der Waals surface area (Å²) < 4.78 is 13.0. The standard InChI is InChI=1S/C14H18FN3O2/c1-2-13(19)17-11-4-7-18(8-5-11)14(20)10-3-6-16-12(15)9-10/h3,6,9,11H,2,4-5,7-8H2,1H3,(H,17,19). The normalized spacial score (nSPS) is 16.0. The maximum atomic E-state index is 13.0. The van der Waals surface area contributed by atoms with Gasteiger partial charge in [0, 0.05) is 43.4 Å². The van der Waals surface area contributed by atoms with E-state index in [4.69, 9.17) is 0 Å². The molecule has 0 bridgehead atoms. The van der Waals surface area contributed by atoms with E-state index in [2.05, 4.69) is 10.3 Å². The summed E-state index contributed by atoms with van der Waals surface area (Å²) in [5, 5.41) is 2.93. The Labute approximate surface area is 117 Å². The zero-order valence-corrected chi connectivity index (χ0v) is 11.4. The number of carbonyl (C=O) groups is 2. The highest BCUT2D eigenvalue weighted by Crippen LogP contribution is 2.14. The first-order chi connectivity index (χ1) is 9.60. The van der Waals surface area contributed by atoms with Gasteiger partial charge in [-0.05, 0) is 18.9 Å². The van der Waals surface area contributed by atoms with E-state index in [1.165, 1.54) is 12.3 Å². The largest absolute Gasteiger partial charge is 0.353 e. The number of amides is 2. The second-order valence-electron chi connectivity index (χ2n) is 4.85. The molecule has 1 fully saturated rings. The first-order valence-corrected chi connectivity index (χ1v) is 6.80. The molecule has 1 aliphatic heterocycles. The zero-order chi connectivity index (χ0) is 14.5. The summed E-state index contributed by atoms with van der Waals surface area (Å²) in [6, 6.07) is 2.78. The van der Waals surface area contributed by atoms with E-state index in [1.807, 2.05) is 6.92 Å². The summed E-state index contributed by atoms with van der Waals surface area (Å²) in [5.74, 6) is -0.807. The fourth-order valence-corrected chi connectivity index (χ4v) is 2.27. The zero-order valence-electron chi connectivity index (χ0n) is 11.4. The molecule has 20 heavy (non-hydrogen) atoms. The summed E-state index contributed by atoms with van der Waals surface area (Å²) in [5.41, 5.74) is 0.313. The molecule has 1 saturated heterocycles. The van der Waals surface area contributed by atoms with Crippen molar-refractivity contribution in [3.63, 3.8) is 0 Å². The lowest BCUT2D eigenvalue weighted by Crippen LogP contribution is -2.46. The van der Waals surface area contributed by atoms with Crippen molar-refractivity contribution in [2.45, 2.75) is 32.2 Å². The molecule has 0 radical (unpaired) electrons. The van der Waals surface area contributed by atoms with Crippen molar-refractivity contribution in [2.24, 2.45) is 0 Å². The fourth-order valence-electron chi connectivity index (χ4n) is 2.27. The Morgan fingerprint density at radius 1 is 1.45 bits per heavy atom. The molecule has 0 atom stereocenters. The quantitative estimate of drug-likeness (QED) is 0.850. The Hall–Kier alpha value is -1.98. The van der Waals surface area contributed by atoms with Crippen LogP contribution in [0.25, 0.3) is 0 Å². The lowest BCUT2D eigenvalue weighted by Gasteiger charge is -2.32. The number of aromatic nitrogens is 1. The molecule has 2 rings (SSSR count). The predicted molar refractivity (Wildman–Crippen MR) is 71.6 cm³/mol. The van der Waals surface area contributed by atoms with Gasteiger partial charge >= 0.3 is 0 Å². The SMILES string of the molecule is CCC(=O)NC1CCN(C(=O)c2ccnc(F)c2)CC1. The topological polar surface area (TPSA) is 62.3 Å². The molecule has 1 N–H and O–H groups in total. The van der Waals surface area contributed by atoms with E-state index in [-0.39, 0.29) is 17.9 Å². The van der Waals surface area contributed by atoms with Gasteiger partial charge in [-0.3, -0.25) is 9.59 Å². The highest BCUT2D eigenvalue weighted by Gasteiger charge is 2.24. The number of carbonyl (C=O) groups excluding carboxylic acids is 2. The highest BCUT2D eigenvalue weighted by atomic mass is 19.1. The summed E-state index contributed by atoms with van der Waals surface area (Å²) in [7, 11) is 0. The molecule has 0 aliphatic carbocycles. The van der Waals surface area contributed by atoms with Gasteiger partial charge in [-0.1, -0.05) is 6.92 Å². The van der Waals surface area contributed by atoms with Crippen molar-refractivity contribution in [1.82, 2.24) is 15.2 Å². The van der Waals surface area contributed by atoms with Gasteiger partial charge in [0.25, 0.3) is 5.91 Å². The lowest BCUT2D eigenvalue weighted by atomic mass is 10.0. The van der Waals surface area contributed by atoms with Crippen molar-refractivity contribution in [3.05, 3.63) is 29.8 Å². The number of pyridine rings is 1. The minimum absolute atomic E-state index is 0.0333. The van der Waals surface area contributed by atoms with Crippen LogP contribution in [-0.2, 0) is 4.79 Å². The maximum absolute atomic E-state index is 13.0. The van der Waals surface area contributed by atoms with Crippen molar-refractivity contribution in [3.8, 4) is 0 Å². The molecule has 6 heteroatoms. The second-order valence-corrected chi connectivity index (χ2v) is 4.85. The molecular weight excluding hydrogens is 261 g/mol. The van der Waals surface area contributed by atoms with Gasteiger partial charge in [0.15, 0.2) is 0 Å². The molecule has 1 aromatic rings. The van der Waals surface area contributed by atoms with Crippen LogP contribution >= 0.6 is 0 Å². The molecule has 1 aromatic heterocycles. The van der Waals surface area contributed by atoms with E-state index >= 15 is 0 Å². The van der Waals surface area contributed by atoms with Gasteiger partial charge in [-0.25, -0.2) is 4.98 Å². The molecule has 0 saturated carbocycles. The average Bonchev–Trinajstić information content (AvgIpc) is 2.47. The molecule has 5 nitrogen and oxygen atoms in total. The third-order valence-electron chi connectivity index (χ3n) is 3.44. The van der Waals surface area contributed by atoms with Crippen LogP contribution in [0.1, 0.15) is 36.5 Å². The molecule has 0 aromatic carbocycles. The van der Waals surface area contributed by atoms with Crippen LogP contribution in [0.2, 0.25) is 0 Å². The Balaban J connectivity index is 1.90. The van der Waals surface area contributed by atoms with Crippen molar-refractivity contribution in [2.75, 3.05) is 13.1 Å². The number of likely N-dealkylation sites (tertiary alicyclic amines) is 1. The van der Waals surface area contributed by atoms with Crippen LogP contribution in [-0.4, -0.2) is 40.8 Å². The van der Waals surface area contributed by atoms with Crippen LogP contribution in [0.3, 0.4) is 0 Å². The van der Waals surface area contributed by atoms with Gasteiger partial charge in [0.2, 0.25) is 11.9 Å². The predicted octanol–water partition coefficient (Wildman–Crippen LogP) is 1.35. The minimum Gasteiger partial charge on any atom is -0.353 e. The average molecular weight is 279 g/mol. The van der Waals surface area contributed by atoms with Gasteiger partial charge in [-0.2, -0.15) is 4.39 Å². The number of hydrogen-bond acceptors (Lipinski definition) is 3. The van der Waals surface area contributed by atoms with Crippen molar-refractivity contribution in [1.29, 1.82) is 0 Å². The van der Waals surface area contributed by atoms with Crippen LogP contribution in [0.4, 0.5) is 4.39 Å². The van der Waals surface area contributed by atoms with Crippen LogP contribution < -0.4 is 5.32 Å². The molecule has 0 spiro atoms. The summed E-state index contributed by atoms with van der Waals surface area (Å²) in [6.45, 7) is 2.95. The minimum atomic E-state index is -0.652. The van der Waals surface area contributed by atoms with Crippen molar-refractivity contribution >= 4 is 11.8 Å². The first-order valence-electron chi connectivity index (χ1n) is 6.80. The third kappa shape index (κ3) is 3.53. The number of hydrogen-bond donors (Lipinski definition) is 1. The lowest BCUT2D eigenvalue weighted by molar-refractivity contribution is -0.121. The van der Waals surface area contributed by atoms with Crippen LogP contribution in [0.5, 0.6) is 0 Å². The van der Waals surface area contributed by atoms with Gasteiger partial charge in [0.05, 0.1) is 0 Å². The van der Waals surface area contributed by atoms with E-state index in [9.17, 15) is 14.0 Å². The number of halogens is 1. The highest BCUT2D eigenvalue weighted by molar-refractivity contribution is 5.94. The molecule has 1 aliphatic rings. The number of rotatable bonds is 3. The molecule has 0 unspecified atom stereocenters. The smallest absolute Gasteiger partial charge is 0.254 e. The Bertz CT molecular complexity index is 499. The van der Waals surface area contributed by atoms with Gasteiger partial charge in [0.1, 0.15) is 0 Å². The van der Waals surface area contributed by atoms with E-state index < -0.39 is 5.95 Å². The monoisotopic (exact) mass is 279 g/mol.